The number of aryl methyl sites for hydroxylation is 1. The number of rotatable bonds is 6. The summed E-state index contributed by atoms with van der Waals surface area (Å²) in [7, 11) is 1.63. The summed E-state index contributed by atoms with van der Waals surface area (Å²) in [5.41, 5.74) is 2.55. The predicted octanol–water partition coefficient (Wildman–Crippen LogP) is 2.01. The standard InChI is InChI=1S/C19H21N3O5/c1-12-9-14(13(2)21(12)6-8-26-3)10-16-17(23)20-19(25)22(18(16)24)11-15-5-4-7-27-15/h4-5,7,9-10H,6,8,11H2,1-3H3,(H,20,23,25)/b16-10-. The van der Waals surface area contributed by atoms with Gasteiger partial charge < -0.3 is 13.7 Å². The lowest BCUT2D eigenvalue weighted by molar-refractivity contribution is -0.130. The lowest BCUT2D eigenvalue weighted by Crippen LogP contribution is -2.53. The van der Waals surface area contributed by atoms with Crippen LogP contribution in [-0.2, 0) is 27.4 Å². The first-order valence-electron chi connectivity index (χ1n) is 8.49. The Hall–Kier alpha value is -3.13. The van der Waals surface area contributed by atoms with Gasteiger partial charge in [0.05, 0.1) is 19.4 Å². The number of imide groups is 2. The van der Waals surface area contributed by atoms with Crippen molar-refractivity contribution >= 4 is 23.9 Å². The van der Waals surface area contributed by atoms with E-state index < -0.39 is 17.8 Å². The van der Waals surface area contributed by atoms with Crippen molar-refractivity contribution in [2.24, 2.45) is 0 Å². The maximum Gasteiger partial charge on any atom is 0.331 e. The summed E-state index contributed by atoms with van der Waals surface area (Å²) in [5, 5.41) is 2.21. The highest BCUT2D eigenvalue weighted by atomic mass is 16.5. The van der Waals surface area contributed by atoms with Crippen molar-refractivity contribution in [1.82, 2.24) is 14.8 Å². The zero-order chi connectivity index (χ0) is 19.6. The van der Waals surface area contributed by atoms with E-state index in [0.717, 1.165) is 21.9 Å². The molecular formula is C19H21N3O5. The van der Waals surface area contributed by atoms with Crippen LogP contribution in [0, 0.1) is 13.8 Å². The quantitative estimate of drug-likeness (QED) is 0.619. The van der Waals surface area contributed by atoms with Gasteiger partial charge in [0.15, 0.2) is 0 Å². The summed E-state index contributed by atoms with van der Waals surface area (Å²) in [6, 6.07) is 4.46. The zero-order valence-electron chi connectivity index (χ0n) is 15.4. The average molecular weight is 371 g/mol. The molecule has 0 spiro atoms. The Bertz CT molecular complexity index is 908. The topological polar surface area (TPSA) is 93.8 Å². The van der Waals surface area contributed by atoms with Crippen LogP contribution in [-0.4, -0.2) is 41.0 Å². The Morgan fingerprint density at radius 1 is 1.26 bits per heavy atom. The van der Waals surface area contributed by atoms with Gasteiger partial charge in [-0.2, -0.15) is 0 Å². The minimum atomic E-state index is -0.760. The van der Waals surface area contributed by atoms with E-state index in [0.29, 0.717) is 18.9 Å². The molecule has 142 valence electrons. The molecule has 0 saturated carbocycles. The molecular weight excluding hydrogens is 350 g/mol. The number of barbiturate groups is 1. The molecule has 27 heavy (non-hydrogen) atoms. The molecule has 8 nitrogen and oxygen atoms in total. The molecule has 3 heterocycles. The summed E-state index contributed by atoms with van der Waals surface area (Å²) in [5.74, 6) is -0.908. The molecule has 2 aromatic rings. The monoisotopic (exact) mass is 371 g/mol. The number of aromatic nitrogens is 1. The van der Waals surface area contributed by atoms with Crippen LogP contribution in [0.3, 0.4) is 0 Å². The van der Waals surface area contributed by atoms with Crippen LogP contribution < -0.4 is 5.32 Å². The van der Waals surface area contributed by atoms with Crippen molar-refractivity contribution < 1.29 is 23.5 Å². The normalized spacial score (nSPS) is 16.3. The van der Waals surface area contributed by atoms with Crippen molar-refractivity contribution in [3.05, 3.63) is 52.7 Å². The van der Waals surface area contributed by atoms with E-state index in [4.69, 9.17) is 9.15 Å². The molecule has 0 aromatic carbocycles. The van der Waals surface area contributed by atoms with Gasteiger partial charge in [0.25, 0.3) is 11.8 Å². The first-order chi connectivity index (χ1) is 12.9. The van der Waals surface area contributed by atoms with E-state index >= 15 is 0 Å². The average Bonchev–Trinajstić information content (AvgIpc) is 3.22. The number of carbonyl (C=O) groups is 3. The number of nitrogens with one attached hydrogen (secondary N) is 1. The van der Waals surface area contributed by atoms with E-state index in [2.05, 4.69) is 5.32 Å². The van der Waals surface area contributed by atoms with E-state index in [-0.39, 0.29) is 12.1 Å². The van der Waals surface area contributed by atoms with Crippen molar-refractivity contribution in [3.8, 4) is 0 Å². The molecule has 3 rings (SSSR count). The third-order valence-electron chi connectivity index (χ3n) is 4.51. The Morgan fingerprint density at radius 3 is 2.70 bits per heavy atom. The maximum absolute atomic E-state index is 12.8. The molecule has 0 bridgehead atoms. The lowest BCUT2D eigenvalue weighted by Gasteiger charge is -2.25. The second-order valence-electron chi connectivity index (χ2n) is 6.26. The molecule has 0 radical (unpaired) electrons. The maximum atomic E-state index is 12.8. The Kier molecular flexibility index (Phi) is 5.27. The smallest absolute Gasteiger partial charge is 0.331 e. The van der Waals surface area contributed by atoms with Crippen LogP contribution in [0.4, 0.5) is 4.79 Å². The number of urea groups is 1. The van der Waals surface area contributed by atoms with E-state index in [1.165, 1.54) is 12.3 Å². The minimum absolute atomic E-state index is 0.0465. The summed E-state index contributed by atoms with van der Waals surface area (Å²) < 4.78 is 12.4. The van der Waals surface area contributed by atoms with E-state index in [1.54, 1.807) is 19.2 Å². The summed E-state index contributed by atoms with van der Waals surface area (Å²) in [6.45, 7) is 5.03. The molecule has 1 aliphatic rings. The molecule has 1 aliphatic heterocycles. The fourth-order valence-electron chi connectivity index (χ4n) is 3.05. The van der Waals surface area contributed by atoms with E-state index in [1.807, 2.05) is 24.5 Å². The molecule has 0 unspecified atom stereocenters. The minimum Gasteiger partial charge on any atom is -0.467 e. The van der Waals surface area contributed by atoms with Crippen LogP contribution in [0.15, 0.2) is 34.5 Å². The number of hydrogen-bond donors (Lipinski definition) is 1. The summed E-state index contributed by atoms with van der Waals surface area (Å²) >= 11 is 0. The Balaban J connectivity index is 1.91. The van der Waals surface area contributed by atoms with Gasteiger partial charge in [-0.05, 0) is 43.7 Å². The zero-order valence-corrected chi connectivity index (χ0v) is 15.4. The highest BCUT2D eigenvalue weighted by Crippen LogP contribution is 2.21. The number of nitrogens with zero attached hydrogens (tertiary/aromatic N) is 2. The third kappa shape index (κ3) is 3.70. The van der Waals surface area contributed by atoms with Gasteiger partial charge in [-0.15, -0.1) is 0 Å². The summed E-state index contributed by atoms with van der Waals surface area (Å²) in [6.07, 6.45) is 2.98. The van der Waals surface area contributed by atoms with Gasteiger partial charge in [-0.1, -0.05) is 0 Å². The number of methoxy groups -OCH3 is 1. The van der Waals surface area contributed by atoms with Crippen LogP contribution in [0.5, 0.6) is 0 Å². The highest BCUT2D eigenvalue weighted by Gasteiger charge is 2.36. The second kappa shape index (κ2) is 7.63. The molecule has 1 saturated heterocycles. The Morgan fingerprint density at radius 2 is 2.04 bits per heavy atom. The lowest BCUT2D eigenvalue weighted by atomic mass is 10.1. The van der Waals surface area contributed by atoms with Gasteiger partial charge in [0, 0.05) is 25.0 Å². The van der Waals surface area contributed by atoms with Gasteiger partial charge >= 0.3 is 6.03 Å². The molecule has 1 N–H and O–H groups in total. The highest BCUT2D eigenvalue weighted by molar-refractivity contribution is 6.31. The number of ether oxygens (including phenoxy) is 1. The van der Waals surface area contributed by atoms with Crippen LogP contribution in [0.1, 0.15) is 22.7 Å². The van der Waals surface area contributed by atoms with Crippen LogP contribution in [0.25, 0.3) is 6.08 Å². The van der Waals surface area contributed by atoms with E-state index in [9.17, 15) is 14.4 Å². The number of amides is 4. The second-order valence-corrected chi connectivity index (χ2v) is 6.26. The molecule has 1 fully saturated rings. The van der Waals surface area contributed by atoms with Crippen LogP contribution in [0.2, 0.25) is 0 Å². The summed E-state index contributed by atoms with van der Waals surface area (Å²) in [4.78, 5) is 38.0. The molecule has 0 aliphatic carbocycles. The van der Waals surface area contributed by atoms with Crippen LogP contribution >= 0.6 is 0 Å². The van der Waals surface area contributed by atoms with Crippen molar-refractivity contribution in [2.45, 2.75) is 26.9 Å². The van der Waals surface area contributed by atoms with Gasteiger partial charge in [-0.3, -0.25) is 19.8 Å². The number of furan rings is 1. The fourth-order valence-corrected chi connectivity index (χ4v) is 3.05. The van der Waals surface area contributed by atoms with Gasteiger partial charge in [0.2, 0.25) is 0 Å². The molecule has 2 aromatic heterocycles. The van der Waals surface area contributed by atoms with Gasteiger partial charge in [0.1, 0.15) is 11.3 Å². The first kappa shape index (κ1) is 18.7. The van der Waals surface area contributed by atoms with Crippen molar-refractivity contribution in [1.29, 1.82) is 0 Å². The largest absolute Gasteiger partial charge is 0.467 e. The fraction of sp³-hybridized carbons (Fsp3) is 0.316. The third-order valence-corrected chi connectivity index (χ3v) is 4.51. The molecule has 4 amide bonds. The van der Waals surface area contributed by atoms with Crippen molar-refractivity contribution in [2.75, 3.05) is 13.7 Å². The van der Waals surface area contributed by atoms with Gasteiger partial charge in [-0.25, -0.2) is 4.79 Å². The molecule has 0 atom stereocenters. The first-order valence-corrected chi connectivity index (χ1v) is 8.49. The number of hydrogen-bond acceptors (Lipinski definition) is 5. The predicted molar refractivity (Wildman–Crippen MR) is 96.6 cm³/mol. The van der Waals surface area contributed by atoms with Crippen molar-refractivity contribution in [3.63, 3.8) is 0 Å². The Labute approximate surface area is 156 Å². The SMILES string of the molecule is COCCn1c(C)cc(/C=C2/C(=O)NC(=O)N(Cc3ccco3)C2=O)c1C. The molecule has 8 heteroatoms. The number of carbonyl (C=O) groups excluding carboxylic acids is 3.